The number of urea groups is 2. The van der Waals surface area contributed by atoms with Crippen LogP contribution in [0.25, 0.3) is 0 Å². The van der Waals surface area contributed by atoms with Crippen LogP contribution in [0.1, 0.15) is 26.0 Å². The molecule has 1 aromatic heterocycles. The summed E-state index contributed by atoms with van der Waals surface area (Å²) in [6, 6.07) is -3.13. The van der Waals surface area contributed by atoms with Gasteiger partial charge in [-0.3, -0.25) is 14.5 Å². The zero-order valence-electron chi connectivity index (χ0n) is 25.8. The maximum absolute atomic E-state index is 13.3. The minimum absolute atomic E-state index is 0.0334. The predicted octanol–water partition coefficient (Wildman–Crippen LogP) is -0.887. The molecule has 1 aromatic rings. The fourth-order valence-corrected chi connectivity index (χ4v) is 7.01. The summed E-state index contributed by atoms with van der Waals surface area (Å²) in [5.41, 5.74) is 3.56. The van der Waals surface area contributed by atoms with E-state index in [0.717, 1.165) is 32.9 Å². The minimum Gasteiger partial charge on any atom is -0.478 e. The Bertz CT molecular complexity index is 1660. The lowest BCUT2D eigenvalue weighted by atomic mass is 9.97. The number of amides is 6. The molecule has 0 bridgehead atoms. The number of β-lactam (4-membered cyclic amide) rings is 1. The number of aliphatic carboxylic acids is 1. The third-order valence-corrected chi connectivity index (χ3v) is 9.88. The highest BCUT2D eigenvalue weighted by Gasteiger charge is 2.54. The number of aliphatic hydroxyl groups is 2. The average Bonchev–Trinajstić information content (AvgIpc) is 3.64. The van der Waals surface area contributed by atoms with E-state index in [9.17, 15) is 49.2 Å². The lowest BCUT2D eigenvalue weighted by Gasteiger charge is -2.49. The fraction of sp³-hybridized carbons (Fsp3) is 0.481. The first-order valence-electron chi connectivity index (χ1n) is 14.6. The third-order valence-electron chi connectivity index (χ3n) is 7.87. The number of aliphatic hydroxyl groups excluding tert-OH is 2. The van der Waals surface area contributed by atoms with Crippen LogP contribution in [0.3, 0.4) is 0 Å². The molecule has 22 heteroatoms. The molecule has 0 radical (unpaired) electrons. The summed E-state index contributed by atoms with van der Waals surface area (Å²) in [6.07, 6.45) is -0.787. The number of aromatic nitrogens is 1. The second-order valence-electron chi connectivity index (χ2n) is 11.6. The third kappa shape index (κ3) is 7.25. The number of oxime groups is 1. The summed E-state index contributed by atoms with van der Waals surface area (Å²) in [5.74, 6) is -3.39. The number of nitrogens with two attached hydrogens (primary N) is 1. The minimum atomic E-state index is -1.82. The maximum Gasteiger partial charge on any atom is 0.512 e. The number of fused-ring (bicyclic) bond motifs is 1. The highest BCUT2D eigenvalue weighted by molar-refractivity contribution is 8.00. The maximum atomic E-state index is 13.3. The second-order valence-corrected chi connectivity index (χ2v) is 13.6. The molecule has 6 amide bonds. The van der Waals surface area contributed by atoms with E-state index < -0.39 is 77.0 Å². The van der Waals surface area contributed by atoms with Crippen molar-refractivity contribution in [1.29, 1.82) is 0 Å². The van der Waals surface area contributed by atoms with Crippen molar-refractivity contribution in [3.8, 4) is 0 Å². The van der Waals surface area contributed by atoms with Gasteiger partial charge in [0.1, 0.15) is 17.1 Å². The largest absolute Gasteiger partial charge is 0.512 e. The molecule has 20 nitrogen and oxygen atoms in total. The standard InChI is InChI=1S/C27H32N8O12S2/c1-27(2,22(40)41)47-32-16(13-10-49-23(28)30-13)18(38)31-17-19(39)35-20(46-26(44)45)11(9-48-21(17)35)8-29-24(42)34-6-5-33(25(34)43)12-3-4-14(36)15(37)7-12/h3-4,10,12,14-15,17,21,36-37H,5-9H2,1-2H3,(H2,28,30)(H,29,42)(H,31,38)(H,40,41)(H,44,45)/b32-16-/t12?,14?,15?,17?,21-/m0/s1. The molecule has 5 atom stereocenters. The Morgan fingerprint density at radius 2 is 1.90 bits per heavy atom. The number of carboxylic acid groups (broad SMARTS) is 2. The highest BCUT2D eigenvalue weighted by Crippen LogP contribution is 2.40. The molecule has 49 heavy (non-hydrogen) atoms. The molecular weight excluding hydrogens is 692 g/mol. The van der Waals surface area contributed by atoms with Crippen LogP contribution in [0, 0.1) is 0 Å². The first-order valence-corrected chi connectivity index (χ1v) is 16.5. The van der Waals surface area contributed by atoms with E-state index in [0.29, 0.717) is 0 Å². The van der Waals surface area contributed by atoms with Crippen molar-refractivity contribution in [2.24, 2.45) is 5.16 Å². The number of carbonyl (C=O) groups excluding carboxylic acids is 4. The molecule has 8 N–H and O–H groups in total. The Morgan fingerprint density at radius 3 is 2.53 bits per heavy atom. The van der Waals surface area contributed by atoms with Crippen LogP contribution in [0.15, 0.2) is 34.1 Å². The van der Waals surface area contributed by atoms with Gasteiger partial charge < -0.3 is 51.3 Å². The molecule has 0 spiro atoms. The molecule has 4 heterocycles. The molecule has 1 aliphatic carbocycles. The first-order chi connectivity index (χ1) is 23.1. The normalized spacial score (nSPS) is 25.5. The van der Waals surface area contributed by atoms with Crippen LogP contribution in [0.4, 0.5) is 19.5 Å². The number of anilines is 1. The Hall–Kier alpha value is -4.93. The smallest absolute Gasteiger partial charge is 0.478 e. The van der Waals surface area contributed by atoms with E-state index in [4.69, 9.17) is 15.3 Å². The predicted molar refractivity (Wildman–Crippen MR) is 169 cm³/mol. The quantitative estimate of drug-likeness (QED) is 0.0507. The van der Waals surface area contributed by atoms with Crippen LogP contribution in [-0.2, 0) is 24.0 Å². The summed E-state index contributed by atoms with van der Waals surface area (Å²) < 4.78 is 4.94. The summed E-state index contributed by atoms with van der Waals surface area (Å²) >= 11 is 2.11. The van der Waals surface area contributed by atoms with Gasteiger partial charge in [0, 0.05) is 42.8 Å². The van der Waals surface area contributed by atoms with Crippen molar-refractivity contribution < 1.29 is 58.8 Å². The van der Waals surface area contributed by atoms with Crippen molar-refractivity contribution >= 4 is 69.9 Å². The molecule has 264 valence electrons. The number of thiazole rings is 1. The number of hydrogen-bond acceptors (Lipinski definition) is 15. The van der Waals surface area contributed by atoms with Crippen LogP contribution in [-0.4, -0.2) is 142 Å². The van der Waals surface area contributed by atoms with Gasteiger partial charge in [0.15, 0.2) is 10.8 Å². The van der Waals surface area contributed by atoms with E-state index in [1.54, 1.807) is 6.08 Å². The zero-order valence-corrected chi connectivity index (χ0v) is 27.5. The lowest BCUT2D eigenvalue weighted by molar-refractivity contribution is -0.161. The Kier molecular flexibility index (Phi) is 10.0. The fourth-order valence-electron chi connectivity index (χ4n) is 5.14. The van der Waals surface area contributed by atoms with Gasteiger partial charge in [0.2, 0.25) is 11.5 Å². The van der Waals surface area contributed by atoms with E-state index in [1.165, 1.54) is 30.2 Å². The van der Waals surface area contributed by atoms with Crippen molar-refractivity contribution in [3.63, 3.8) is 0 Å². The first kappa shape index (κ1) is 35.4. The second kappa shape index (κ2) is 13.9. The number of nitrogen functional groups attached to an aromatic ring is 1. The summed E-state index contributed by atoms with van der Waals surface area (Å²) in [6.45, 7) is 2.33. The van der Waals surface area contributed by atoms with Gasteiger partial charge in [0.25, 0.3) is 11.8 Å². The monoisotopic (exact) mass is 724 g/mol. The SMILES string of the molecule is CC(C)(O/N=C(\C(=O)NC1C(=O)N2C(OC(=O)O)=C(CNC(=O)N3CCN(C4C=CC(O)C(O)C4)C3=O)CS[C@@H]12)c1csc(N)n1)C(=O)O. The Balaban J connectivity index is 1.26. The van der Waals surface area contributed by atoms with E-state index in [1.807, 2.05) is 0 Å². The van der Waals surface area contributed by atoms with Crippen molar-refractivity contribution in [3.05, 3.63) is 34.7 Å². The van der Waals surface area contributed by atoms with Crippen molar-refractivity contribution in [2.45, 2.75) is 55.5 Å². The van der Waals surface area contributed by atoms with Crippen LogP contribution >= 0.6 is 23.1 Å². The molecular formula is C27H32N8O12S2. The van der Waals surface area contributed by atoms with Crippen LogP contribution in [0.2, 0.25) is 0 Å². The molecule has 2 saturated heterocycles. The number of carbonyl (C=O) groups is 6. The molecule has 5 rings (SSSR count). The van der Waals surface area contributed by atoms with Gasteiger partial charge in [-0.25, -0.2) is 29.1 Å². The van der Waals surface area contributed by atoms with Gasteiger partial charge >= 0.3 is 24.2 Å². The number of nitrogens with one attached hydrogen (secondary N) is 2. The zero-order chi connectivity index (χ0) is 35.8. The Morgan fingerprint density at radius 1 is 1.16 bits per heavy atom. The van der Waals surface area contributed by atoms with Crippen molar-refractivity contribution in [1.82, 2.24) is 30.3 Å². The summed E-state index contributed by atoms with van der Waals surface area (Å²) in [7, 11) is 0. The lowest BCUT2D eigenvalue weighted by Crippen LogP contribution is -2.70. The van der Waals surface area contributed by atoms with Gasteiger partial charge in [-0.2, -0.15) is 0 Å². The van der Waals surface area contributed by atoms with Crippen LogP contribution < -0.4 is 16.4 Å². The number of imide groups is 1. The van der Waals surface area contributed by atoms with E-state index in [2.05, 4.69) is 20.8 Å². The van der Waals surface area contributed by atoms with E-state index in [-0.39, 0.29) is 54.1 Å². The number of rotatable bonds is 10. The number of carboxylic acids is 1. The van der Waals surface area contributed by atoms with Crippen molar-refractivity contribution in [2.75, 3.05) is 31.1 Å². The van der Waals surface area contributed by atoms with Crippen LogP contribution in [0.5, 0.6) is 0 Å². The average molecular weight is 725 g/mol. The highest BCUT2D eigenvalue weighted by atomic mass is 32.2. The number of nitrogens with zero attached hydrogens (tertiary/aromatic N) is 5. The molecule has 4 aliphatic rings. The van der Waals surface area contributed by atoms with Gasteiger partial charge in [-0.15, -0.1) is 23.1 Å². The molecule has 2 fully saturated rings. The van der Waals surface area contributed by atoms with Gasteiger partial charge in [-0.1, -0.05) is 17.3 Å². The topological polar surface area (TPSA) is 287 Å². The number of hydrogen-bond donors (Lipinski definition) is 7. The molecule has 4 unspecified atom stereocenters. The summed E-state index contributed by atoms with van der Waals surface area (Å²) in [4.78, 5) is 88.0. The number of thioether (sulfide) groups is 1. The molecule has 0 saturated carbocycles. The number of ether oxygens (including phenoxy) is 1. The van der Waals surface area contributed by atoms with Gasteiger partial charge in [-0.05, 0) is 13.8 Å². The molecule has 0 aromatic carbocycles. The molecule has 3 aliphatic heterocycles. The summed E-state index contributed by atoms with van der Waals surface area (Å²) in [5, 5.41) is 47.8. The Labute approximate surface area is 285 Å². The van der Waals surface area contributed by atoms with E-state index >= 15 is 0 Å². The van der Waals surface area contributed by atoms with Gasteiger partial charge in [0.05, 0.1) is 18.2 Å².